The summed E-state index contributed by atoms with van der Waals surface area (Å²) in [5.74, 6) is -0.176. The standard InChI is InChI=1S/C7H6N2O4S/c8-14(11,12)7-9-4-2-1-3-5(10)6(4)13-7/h1-3,10H,(H2,8,11,12). The zero-order chi connectivity index (χ0) is 10.3. The number of hydrogen-bond acceptors (Lipinski definition) is 5. The average Bonchev–Trinajstić information content (AvgIpc) is 2.48. The van der Waals surface area contributed by atoms with E-state index in [2.05, 4.69) is 4.98 Å². The number of nitrogens with zero attached hydrogens (tertiary/aromatic N) is 1. The van der Waals surface area contributed by atoms with Gasteiger partial charge in [-0.1, -0.05) is 6.07 Å². The van der Waals surface area contributed by atoms with Gasteiger partial charge in [-0.25, -0.2) is 13.6 Å². The van der Waals surface area contributed by atoms with Crippen LogP contribution in [-0.4, -0.2) is 18.5 Å². The van der Waals surface area contributed by atoms with E-state index in [0.717, 1.165) is 0 Å². The van der Waals surface area contributed by atoms with Crippen LogP contribution in [0.25, 0.3) is 11.1 Å². The van der Waals surface area contributed by atoms with Gasteiger partial charge in [-0.15, -0.1) is 0 Å². The Bertz CT molecular complexity index is 587. The molecule has 0 aliphatic carbocycles. The number of phenols is 1. The highest BCUT2D eigenvalue weighted by atomic mass is 32.2. The largest absolute Gasteiger partial charge is 0.504 e. The van der Waals surface area contributed by atoms with Crippen LogP contribution in [0.15, 0.2) is 27.8 Å². The molecule has 0 atom stereocenters. The second-order valence-corrected chi connectivity index (χ2v) is 4.09. The molecule has 3 N–H and O–H groups in total. The topological polar surface area (TPSA) is 106 Å². The van der Waals surface area contributed by atoms with Crippen molar-refractivity contribution in [3.05, 3.63) is 18.2 Å². The summed E-state index contributed by atoms with van der Waals surface area (Å²) < 4.78 is 26.5. The maximum absolute atomic E-state index is 10.9. The Kier molecular flexibility index (Phi) is 1.73. The Hall–Kier alpha value is -1.60. The zero-order valence-electron chi connectivity index (χ0n) is 6.84. The molecule has 0 aliphatic rings. The van der Waals surface area contributed by atoms with Crippen LogP contribution in [0, 0.1) is 0 Å². The maximum Gasteiger partial charge on any atom is 0.331 e. The number of benzene rings is 1. The van der Waals surface area contributed by atoms with Gasteiger partial charge >= 0.3 is 5.22 Å². The Balaban J connectivity index is 2.81. The Morgan fingerprint density at radius 1 is 1.43 bits per heavy atom. The molecule has 0 fully saturated rings. The van der Waals surface area contributed by atoms with Crippen LogP contribution >= 0.6 is 0 Å². The van der Waals surface area contributed by atoms with E-state index >= 15 is 0 Å². The molecule has 1 aromatic carbocycles. The summed E-state index contributed by atoms with van der Waals surface area (Å²) in [6.07, 6.45) is 0. The first-order valence-corrected chi connectivity index (χ1v) is 5.14. The minimum absolute atomic E-state index is 0.0107. The second kappa shape index (κ2) is 2.69. The predicted molar refractivity (Wildman–Crippen MR) is 47.0 cm³/mol. The summed E-state index contributed by atoms with van der Waals surface area (Å²) in [6, 6.07) is 4.39. The van der Waals surface area contributed by atoms with Gasteiger partial charge in [0, 0.05) is 0 Å². The molecule has 6 nitrogen and oxygen atoms in total. The van der Waals surface area contributed by atoms with E-state index in [1.807, 2.05) is 0 Å². The first-order valence-electron chi connectivity index (χ1n) is 3.60. The first-order chi connectivity index (χ1) is 6.48. The van der Waals surface area contributed by atoms with Crippen molar-refractivity contribution in [3.63, 3.8) is 0 Å². The highest BCUT2D eigenvalue weighted by molar-refractivity contribution is 7.88. The predicted octanol–water partition coefficient (Wildman–Crippen LogP) is 0.181. The number of sulfonamides is 1. The molecule has 0 saturated carbocycles. The van der Waals surface area contributed by atoms with Crippen molar-refractivity contribution in [1.82, 2.24) is 4.98 Å². The second-order valence-electron chi connectivity index (χ2n) is 2.65. The number of para-hydroxylation sites is 1. The lowest BCUT2D eigenvalue weighted by Gasteiger charge is -1.89. The summed E-state index contributed by atoms with van der Waals surface area (Å²) in [7, 11) is -3.97. The van der Waals surface area contributed by atoms with Gasteiger partial charge in [-0.3, -0.25) is 0 Å². The van der Waals surface area contributed by atoms with Crippen LogP contribution in [0.3, 0.4) is 0 Å². The molecule has 74 valence electrons. The fraction of sp³-hybridized carbons (Fsp3) is 0. The Morgan fingerprint density at radius 3 is 2.71 bits per heavy atom. The van der Waals surface area contributed by atoms with Gasteiger partial charge in [0.25, 0.3) is 10.0 Å². The molecule has 1 aromatic heterocycles. The normalized spacial score (nSPS) is 12.1. The molecule has 1 heterocycles. The molecular weight excluding hydrogens is 208 g/mol. The molecule has 7 heteroatoms. The van der Waals surface area contributed by atoms with Crippen molar-refractivity contribution in [3.8, 4) is 5.75 Å². The summed E-state index contributed by atoms with van der Waals surface area (Å²) in [5.41, 5.74) is 0.255. The summed E-state index contributed by atoms with van der Waals surface area (Å²) in [4.78, 5) is 3.61. The highest BCUT2D eigenvalue weighted by Crippen LogP contribution is 2.25. The van der Waals surface area contributed by atoms with Crippen LogP contribution in [0.1, 0.15) is 0 Å². The van der Waals surface area contributed by atoms with Gasteiger partial charge < -0.3 is 9.52 Å². The van der Waals surface area contributed by atoms with Gasteiger partial charge in [0.15, 0.2) is 11.3 Å². The van der Waals surface area contributed by atoms with Crippen molar-refractivity contribution < 1.29 is 17.9 Å². The minimum atomic E-state index is -3.97. The third-order valence-corrected chi connectivity index (χ3v) is 2.28. The lowest BCUT2D eigenvalue weighted by molar-refractivity contribution is 0.429. The summed E-state index contributed by atoms with van der Waals surface area (Å²) in [5, 5.41) is 13.5. The first kappa shape index (κ1) is 8.97. The van der Waals surface area contributed by atoms with E-state index < -0.39 is 15.2 Å². The van der Waals surface area contributed by atoms with Crippen LogP contribution in [0.5, 0.6) is 5.75 Å². The van der Waals surface area contributed by atoms with Gasteiger partial charge in [0.2, 0.25) is 0 Å². The molecule has 14 heavy (non-hydrogen) atoms. The maximum atomic E-state index is 10.9. The van der Waals surface area contributed by atoms with Crippen molar-refractivity contribution in [2.45, 2.75) is 5.22 Å². The number of phenolic OH excluding ortho intramolecular Hbond substituents is 1. The number of fused-ring (bicyclic) bond motifs is 1. The van der Waals surface area contributed by atoms with E-state index in [1.54, 1.807) is 0 Å². The van der Waals surface area contributed by atoms with Crippen molar-refractivity contribution >= 4 is 21.1 Å². The number of nitrogens with two attached hydrogens (primary N) is 1. The fourth-order valence-electron chi connectivity index (χ4n) is 1.04. The van der Waals surface area contributed by atoms with Crippen molar-refractivity contribution in [2.24, 2.45) is 5.14 Å². The molecule has 0 aliphatic heterocycles. The number of aromatic nitrogens is 1. The van der Waals surface area contributed by atoms with E-state index in [9.17, 15) is 13.5 Å². The van der Waals surface area contributed by atoms with Crippen molar-refractivity contribution in [1.29, 1.82) is 0 Å². The molecule has 0 saturated heterocycles. The zero-order valence-corrected chi connectivity index (χ0v) is 7.65. The number of aromatic hydroxyl groups is 1. The van der Waals surface area contributed by atoms with E-state index in [0.29, 0.717) is 0 Å². The lowest BCUT2D eigenvalue weighted by atomic mass is 10.3. The van der Waals surface area contributed by atoms with Crippen LogP contribution in [0.4, 0.5) is 0 Å². The van der Waals surface area contributed by atoms with Gasteiger partial charge in [0.05, 0.1) is 0 Å². The van der Waals surface area contributed by atoms with E-state index in [1.165, 1.54) is 18.2 Å². The van der Waals surface area contributed by atoms with Gasteiger partial charge in [-0.2, -0.15) is 4.98 Å². The lowest BCUT2D eigenvalue weighted by Crippen LogP contribution is -2.12. The molecule has 0 unspecified atom stereocenters. The molecule has 2 aromatic rings. The Labute approximate surface area is 79.0 Å². The number of primary sulfonamides is 1. The van der Waals surface area contributed by atoms with Gasteiger partial charge in [-0.05, 0) is 12.1 Å². The molecular formula is C7H6N2O4S. The third kappa shape index (κ3) is 1.32. The number of oxazole rings is 1. The number of rotatable bonds is 1. The SMILES string of the molecule is NS(=O)(=O)c1nc2cccc(O)c2o1. The quantitative estimate of drug-likeness (QED) is 0.704. The van der Waals surface area contributed by atoms with E-state index in [4.69, 9.17) is 9.56 Å². The minimum Gasteiger partial charge on any atom is -0.504 e. The van der Waals surface area contributed by atoms with Crippen LogP contribution in [0.2, 0.25) is 0 Å². The average molecular weight is 214 g/mol. The molecule has 0 radical (unpaired) electrons. The van der Waals surface area contributed by atoms with Crippen LogP contribution in [-0.2, 0) is 10.0 Å². The van der Waals surface area contributed by atoms with E-state index in [-0.39, 0.29) is 16.8 Å². The molecule has 0 spiro atoms. The summed E-state index contributed by atoms with van der Waals surface area (Å²) >= 11 is 0. The smallest absolute Gasteiger partial charge is 0.331 e. The molecule has 0 amide bonds. The monoisotopic (exact) mass is 214 g/mol. The number of hydrogen-bond donors (Lipinski definition) is 2. The third-order valence-electron chi connectivity index (χ3n) is 1.62. The van der Waals surface area contributed by atoms with Gasteiger partial charge in [0.1, 0.15) is 5.52 Å². The molecule has 0 bridgehead atoms. The fourth-order valence-corrected chi connectivity index (χ4v) is 1.46. The molecule has 2 rings (SSSR count). The highest BCUT2D eigenvalue weighted by Gasteiger charge is 2.17. The van der Waals surface area contributed by atoms with Crippen LogP contribution < -0.4 is 5.14 Å². The summed E-state index contributed by atoms with van der Waals surface area (Å²) in [6.45, 7) is 0. The van der Waals surface area contributed by atoms with Crippen molar-refractivity contribution in [2.75, 3.05) is 0 Å². The Morgan fingerprint density at radius 2 is 2.14 bits per heavy atom.